The zero-order chi connectivity index (χ0) is 33.8. The molecule has 0 aliphatic carbocycles. The second-order valence-electron chi connectivity index (χ2n) is 13.8. The maximum absolute atomic E-state index is 10.5. The van der Waals surface area contributed by atoms with Gasteiger partial charge in [0.2, 0.25) is 0 Å². The molecule has 246 valence electrons. The van der Waals surface area contributed by atoms with E-state index in [-0.39, 0.29) is 11.6 Å². The van der Waals surface area contributed by atoms with E-state index in [4.69, 9.17) is 14.5 Å². The van der Waals surface area contributed by atoms with Gasteiger partial charge in [0.25, 0.3) is 0 Å². The summed E-state index contributed by atoms with van der Waals surface area (Å²) in [7, 11) is -1.79. The van der Waals surface area contributed by atoms with E-state index >= 15 is 0 Å². The molecule has 2 heterocycles. The minimum atomic E-state index is -1.79. The molecule has 45 heavy (non-hydrogen) atoms. The minimum Gasteiger partial charge on any atom is -0.415 e. The Morgan fingerprint density at radius 2 is 1.07 bits per heavy atom. The summed E-state index contributed by atoms with van der Waals surface area (Å²) >= 11 is 6.86. The Morgan fingerprint density at radius 1 is 0.689 bits per heavy atom. The Balaban J connectivity index is 0.000000257. The van der Waals surface area contributed by atoms with Gasteiger partial charge in [0.05, 0.1) is 24.6 Å². The van der Waals surface area contributed by atoms with E-state index in [1.54, 1.807) is 32.3 Å². The quantitative estimate of drug-likeness (QED) is 0.141. The number of hydrogen-bond donors (Lipinski definition) is 3. The highest BCUT2D eigenvalue weighted by Gasteiger charge is 2.37. The highest BCUT2D eigenvalue weighted by Crippen LogP contribution is 2.36. The number of rotatable bonds is 10. The van der Waals surface area contributed by atoms with Crippen LogP contribution in [0.25, 0.3) is 22.5 Å². The molecular weight excluding hydrogens is 716 g/mol. The number of imidazole rings is 2. The van der Waals surface area contributed by atoms with Crippen LogP contribution in [0.3, 0.4) is 0 Å². The van der Waals surface area contributed by atoms with Crippen LogP contribution in [0.4, 0.5) is 0 Å². The van der Waals surface area contributed by atoms with Crippen molar-refractivity contribution in [1.29, 1.82) is 0 Å². The lowest BCUT2D eigenvalue weighted by atomic mass is 10.1. The van der Waals surface area contributed by atoms with Crippen LogP contribution in [-0.2, 0) is 28.7 Å². The van der Waals surface area contributed by atoms with Crippen LogP contribution in [0, 0.1) is 0 Å². The third kappa shape index (κ3) is 10.2. The molecular formula is C34H48Br2N4O4Si. The number of aliphatic hydroxyl groups is 3. The SMILES string of the molecule is CC(C)(O)c1nc(-c2ccc(Br)cc2)cn1CCO.CC(C)(O)c1nc(-c2ccc(Br)cc2)cn1CCO[Si](C)(C)C(C)(C)C. The molecule has 0 spiro atoms. The summed E-state index contributed by atoms with van der Waals surface area (Å²) in [6.07, 6.45) is 3.86. The van der Waals surface area contributed by atoms with Crippen molar-refractivity contribution in [3.63, 3.8) is 0 Å². The maximum Gasteiger partial charge on any atom is 0.192 e. The molecule has 0 atom stereocenters. The minimum absolute atomic E-state index is 0.0131. The Kier molecular flexibility index (Phi) is 12.2. The van der Waals surface area contributed by atoms with Crippen molar-refractivity contribution in [2.75, 3.05) is 13.2 Å². The molecule has 2 aromatic heterocycles. The highest BCUT2D eigenvalue weighted by atomic mass is 79.9. The first kappa shape index (κ1) is 37.3. The second-order valence-corrected chi connectivity index (χ2v) is 20.4. The zero-order valence-electron chi connectivity index (χ0n) is 27.9. The number of nitrogens with zero attached hydrogens (tertiary/aromatic N) is 4. The summed E-state index contributed by atoms with van der Waals surface area (Å²) in [6.45, 7) is 19.9. The maximum atomic E-state index is 10.5. The van der Waals surface area contributed by atoms with E-state index < -0.39 is 19.5 Å². The highest BCUT2D eigenvalue weighted by molar-refractivity contribution is 9.10. The largest absolute Gasteiger partial charge is 0.415 e. The van der Waals surface area contributed by atoms with Crippen LogP contribution in [0.2, 0.25) is 18.1 Å². The predicted molar refractivity (Wildman–Crippen MR) is 191 cm³/mol. The van der Waals surface area contributed by atoms with Crippen molar-refractivity contribution in [1.82, 2.24) is 19.1 Å². The van der Waals surface area contributed by atoms with Gasteiger partial charge in [-0.25, -0.2) is 9.97 Å². The molecule has 0 radical (unpaired) electrons. The Labute approximate surface area is 285 Å². The van der Waals surface area contributed by atoms with Crippen molar-refractivity contribution in [2.24, 2.45) is 0 Å². The fourth-order valence-electron chi connectivity index (χ4n) is 4.39. The standard InChI is InChI=1S/C20H31BrN2O2Si.C14H17BrN2O2/c1-19(2,3)26(6,7)25-13-12-23-14-17(22-18(23)20(4,5)24)15-8-10-16(21)11-9-15;1-14(2,19)13-16-12(9-17(13)7-8-18)10-3-5-11(15)6-4-10/h8-11,14,24H,12-13H2,1-7H3;3-6,9,18-19H,7-8H2,1-2H3. The molecule has 0 saturated carbocycles. The summed E-state index contributed by atoms with van der Waals surface area (Å²) in [6, 6.07) is 15.9. The number of hydrogen-bond acceptors (Lipinski definition) is 6. The lowest BCUT2D eigenvalue weighted by Gasteiger charge is -2.36. The van der Waals surface area contributed by atoms with Gasteiger partial charge < -0.3 is 28.9 Å². The van der Waals surface area contributed by atoms with Crippen LogP contribution in [0.1, 0.15) is 60.1 Å². The van der Waals surface area contributed by atoms with Crippen LogP contribution >= 0.6 is 31.9 Å². The molecule has 2 aromatic carbocycles. The molecule has 0 amide bonds. The van der Waals surface area contributed by atoms with Crippen molar-refractivity contribution in [2.45, 2.75) is 90.9 Å². The van der Waals surface area contributed by atoms with E-state index in [0.29, 0.717) is 31.3 Å². The summed E-state index contributed by atoms with van der Waals surface area (Å²) < 4.78 is 12.1. The van der Waals surface area contributed by atoms with Gasteiger partial charge >= 0.3 is 0 Å². The van der Waals surface area contributed by atoms with Gasteiger partial charge in [0.15, 0.2) is 8.32 Å². The van der Waals surface area contributed by atoms with E-state index in [0.717, 1.165) is 31.5 Å². The van der Waals surface area contributed by atoms with Gasteiger partial charge in [-0.3, -0.25) is 0 Å². The molecule has 0 aliphatic heterocycles. The summed E-state index contributed by atoms with van der Waals surface area (Å²) in [5, 5.41) is 29.9. The number of aromatic nitrogens is 4. The topological polar surface area (TPSA) is 106 Å². The van der Waals surface area contributed by atoms with Gasteiger partial charge in [-0.05, 0) is 70.1 Å². The van der Waals surface area contributed by atoms with E-state index in [1.807, 2.05) is 65.5 Å². The summed E-state index contributed by atoms with van der Waals surface area (Å²) in [5.41, 5.74) is 1.61. The first-order valence-corrected chi connectivity index (χ1v) is 19.6. The normalized spacial score (nSPS) is 12.7. The van der Waals surface area contributed by atoms with Crippen molar-refractivity contribution in [3.8, 4) is 22.5 Å². The molecule has 0 saturated heterocycles. The lowest BCUT2D eigenvalue weighted by Crippen LogP contribution is -2.41. The predicted octanol–water partition coefficient (Wildman–Crippen LogP) is 8.09. The average Bonchev–Trinajstić information content (AvgIpc) is 3.55. The molecule has 0 fully saturated rings. The fraction of sp³-hybridized carbons (Fsp3) is 0.471. The van der Waals surface area contributed by atoms with E-state index in [2.05, 4.69) is 70.7 Å². The Bertz CT molecular complexity index is 1530. The average molecular weight is 765 g/mol. The smallest absolute Gasteiger partial charge is 0.192 e. The van der Waals surface area contributed by atoms with Crippen molar-refractivity contribution < 1.29 is 19.7 Å². The van der Waals surface area contributed by atoms with Gasteiger partial charge in [-0.2, -0.15) is 0 Å². The fourth-order valence-corrected chi connectivity index (χ4v) is 5.96. The van der Waals surface area contributed by atoms with Crippen LogP contribution in [0.15, 0.2) is 69.9 Å². The zero-order valence-corrected chi connectivity index (χ0v) is 32.1. The monoisotopic (exact) mass is 762 g/mol. The van der Waals surface area contributed by atoms with Crippen LogP contribution < -0.4 is 0 Å². The number of benzene rings is 2. The first-order valence-electron chi connectivity index (χ1n) is 15.1. The molecule has 0 bridgehead atoms. The summed E-state index contributed by atoms with van der Waals surface area (Å²) in [4.78, 5) is 9.19. The Morgan fingerprint density at radius 3 is 1.40 bits per heavy atom. The van der Waals surface area contributed by atoms with Gasteiger partial charge in [0, 0.05) is 45.6 Å². The Hall–Kier alpha value is -2.12. The molecule has 3 N–H and O–H groups in total. The molecule has 11 heteroatoms. The molecule has 0 aliphatic rings. The number of halogens is 2. The molecule has 0 unspecified atom stereocenters. The van der Waals surface area contributed by atoms with Gasteiger partial charge in [0.1, 0.15) is 22.9 Å². The third-order valence-corrected chi connectivity index (χ3v) is 13.5. The number of aliphatic hydroxyl groups excluding tert-OH is 1. The first-order chi connectivity index (χ1) is 20.7. The molecule has 4 aromatic rings. The summed E-state index contributed by atoms with van der Waals surface area (Å²) in [5.74, 6) is 1.22. The third-order valence-electron chi connectivity index (χ3n) is 7.87. The van der Waals surface area contributed by atoms with Crippen molar-refractivity contribution >= 4 is 40.2 Å². The van der Waals surface area contributed by atoms with E-state index in [1.165, 1.54) is 0 Å². The lowest BCUT2D eigenvalue weighted by molar-refractivity contribution is 0.0632. The van der Waals surface area contributed by atoms with E-state index in [9.17, 15) is 10.2 Å². The van der Waals surface area contributed by atoms with Crippen molar-refractivity contribution in [3.05, 3.63) is 81.5 Å². The second kappa shape index (κ2) is 14.7. The van der Waals surface area contributed by atoms with Gasteiger partial charge in [-0.15, -0.1) is 0 Å². The van der Waals surface area contributed by atoms with Crippen LogP contribution in [-0.4, -0.2) is 56.0 Å². The van der Waals surface area contributed by atoms with Crippen LogP contribution in [0.5, 0.6) is 0 Å². The molecule has 4 rings (SSSR count). The molecule has 8 nitrogen and oxygen atoms in total. The van der Waals surface area contributed by atoms with Gasteiger partial charge in [-0.1, -0.05) is 76.9 Å².